The zero-order valence-electron chi connectivity index (χ0n) is 19.6. The van der Waals surface area contributed by atoms with Crippen LogP contribution < -0.4 is 5.32 Å². The molecule has 11 heteroatoms. The molecule has 1 amide bonds. The van der Waals surface area contributed by atoms with Gasteiger partial charge >= 0.3 is 12.4 Å². The molecule has 3 aromatic rings. The van der Waals surface area contributed by atoms with E-state index in [4.69, 9.17) is 0 Å². The van der Waals surface area contributed by atoms with Crippen LogP contribution in [0.1, 0.15) is 56.4 Å². The first-order valence-corrected chi connectivity index (χ1v) is 10.5. The van der Waals surface area contributed by atoms with Crippen LogP contribution in [0.3, 0.4) is 0 Å². The summed E-state index contributed by atoms with van der Waals surface area (Å²) in [6, 6.07) is 8.51. The lowest BCUT2D eigenvalue weighted by atomic mass is 9.95. The summed E-state index contributed by atoms with van der Waals surface area (Å²) < 4.78 is 80.4. The Labute approximate surface area is 198 Å². The van der Waals surface area contributed by atoms with E-state index >= 15 is 0 Å². The van der Waals surface area contributed by atoms with Gasteiger partial charge in [0, 0.05) is 11.0 Å². The summed E-state index contributed by atoms with van der Waals surface area (Å²) in [6.45, 7) is 7.31. The van der Waals surface area contributed by atoms with E-state index in [0.717, 1.165) is 26.0 Å². The molecule has 5 nitrogen and oxygen atoms in total. The highest BCUT2D eigenvalue weighted by atomic mass is 19.4. The standard InChI is InChI=1S/C24H24F6N4O/c1-21(2,3)20-31-13-32-34(20)18-11-15(14-6-8-17(9-7-14)23(25,26)27)10-16(12-18)19(35)33-22(4,5)24(28,29)30/h6-13H,1-5H3,(H,33,35). The number of benzene rings is 2. The summed E-state index contributed by atoms with van der Waals surface area (Å²) >= 11 is 0. The maximum atomic E-state index is 13.3. The number of aromatic nitrogens is 3. The van der Waals surface area contributed by atoms with E-state index in [1.807, 2.05) is 26.1 Å². The van der Waals surface area contributed by atoms with Crippen LogP contribution in [0.4, 0.5) is 26.3 Å². The Hall–Kier alpha value is -3.37. The molecule has 0 aliphatic carbocycles. The summed E-state index contributed by atoms with van der Waals surface area (Å²) in [5.74, 6) is -0.483. The number of nitrogens with one attached hydrogen (secondary N) is 1. The normalized spacial score (nSPS) is 13.1. The number of alkyl halides is 6. The van der Waals surface area contributed by atoms with Crippen molar-refractivity contribution >= 4 is 5.91 Å². The fraction of sp³-hybridized carbons (Fsp3) is 0.375. The predicted octanol–water partition coefficient (Wildman–Crippen LogP) is 6.32. The molecule has 0 bridgehead atoms. The number of halogens is 6. The maximum absolute atomic E-state index is 13.3. The minimum atomic E-state index is -4.71. The minimum Gasteiger partial charge on any atom is -0.338 e. The van der Waals surface area contributed by atoms with E-state index in [0.29, 0.717) is 22.6 Å². The summed E-state index contributed by atoms with van der Waals surface area (Å²) in [6.07, 6.45) is -7.93. The molecule has 1 aromatic heterocycles. The molecule has 3 rings (SSSR count). The van der Waals surface area contributed by atoms with E-state index < -0.39 is 34.8 Å². The Kier molecular flexibility index (Phi) is 6.51. The van der Waals surface area contributed by atoms with Gasteiger partial charge in [-0.3, -0.25) is 4.79 Å². The molecular formula is C24H24F6N4O. The molecule has 0 saturated heterocycles. The molecule has 0 radical (unpaired) electrons. The maximum Gasteiger partial charge on any atom is 0.416 e. The minimum absolute atomic E-state index is 0.120. The molecule has 0 aliphatic heterocycles. The number of rotatable bonds is 4. The van der Waals surface area contributed by atoms with Crippen LogP contribution >= 0.6 is 0 Å². The molecule has 188 valence electrons. The number of hydrogen-bond acceptors (Lipinski definition) is 3. The monoisotopic (exact) mass is 498 g/mol. The van der Waals surface area contributed by atoms with Gasteiger partial charge in [0.15, 0.2) is 0 Å². The summed E-state index contributed by atoms with van der Waals surface area (Å²) in [7, 11) is 0. The van der Waals surface area contributed by atoms with Crippen LogP contribution in [0.2, 0.25) is 0 Å². The van der Waals surface area contributed by atoms with Crippen molar-refractivity contribution in [3.8, 4) is 16.8 Å². The van der Waals surface area contributed by atoms with Gasteiger partial charge in [0.25, 0.3) is 5.91 Å². The van der Waals surface area contributed by atoms with Gasteiger partial charge in [-0.15, -0.1) is 0 Å². The summed E-state index contributed by atoms with van der Waals surface area (Å²) in [5, 5.41) is 6.17. The Morgan fingerprint density at radius 1 is 0.857 bits per heavy atom. The van der Waals surface area contributed by atoms with Crippen LogP contribution in [0.5, 0.6) is 0 Å². The number of amides is 1. The third-order valence-corrected chi connectivity index (χ3v) is 5.32. The summed E-state index contributed by atoms with van der Waals surface area (Å²) in [5.41, 5.74) is -2.98. The van der Waals surface area contributed by atoms with Crippen LogP contribution in [-0.4, -0.2) is 32.4 Å². The van der Waals surface area contributed by atoms with Crippen molar-refractivity contribution in [2.24, 2.45) is 0 Å². The second-order valence-corrected chi connectivity index (χ2v) is 9.67. The molecule has 1 N–H and O–H groups in total. The molecule has 0 atom stereocenters. The van der Waals surface area contributed by atoms with Crippen molar-refractivity contribution in [3.63, 3.8) is 0 Å². The summed E-state index contributed by atoms with van der Waals surface area (Å²) in [4.78, 5) is 17.1. The van der Waals surface area contributed by atoms with Gasteiger partial charge in [-0.1, -0.05) is 32.9 Å². The third-order valence-electron chi connectivity index (χ3n) is 5.32. The Balaban J connectivity index is 2.15. The van der Waals surface area contributed by atoms with Gasteiger partial charge in [-0.25, -0.2) is 9.67 Å². The second kappa shape index (κ2) is 8.69. The fourth-order valence-corrected chi connectivity index (χ4v) is 3.25. The first-order chi connectivity index (χ1) is 15.9. The van der Waals surface area contributed by atoms with Crippen molar-refractivity contribution in [1.82, 2.24) is 20.1 Å². The molecule has 1 heterocycles. The van der Waals surface area contributed by atoms with Crippen molar-refractivity contribution < 1.29 is 31.1 Å². The number of carbonyl (C=O) groups is 1. The SMILES string of the molecule is CC(C)(C)c1ncnn1-c1cc(C(=O)NC(C)(C)C(F)(F)F)cc(-c2ccc(C(F)(F)F)cc2)c1. The van der Waals surface area contributed by atoms with Gasteiger partial charge in [-0.05, 0) is 55.3 Å². The van der Waals surface area contributed by atoms with Gasteiger partial charge in [0.05, 0.1) is 11.3 Å². The lowest BCUT2D eigenvalue weighted by Gasteiger charge is -2.29. The van der Waals surface area contributed by atoms with Crippen LogP contribution in [-0.2, 0) is 11.6 Å². The van der Waals surface area contributed by atoms with E-state index in [1.165, 1.54) is 35.3 Å². The largest absolute Gasteiger partial charge is 0.416 e. The zero-order valence-corrected chi connectivity index (χ0v) is 19.6. The lowest BCUT2D eigenvalue weighted by molar-refractivity contribution is -0.182. The molecule has 0 fully saturated rings. The van der Waals surface area contributed by atoms with Crippen molar-refractivity contribution in [2.45, 2.75) is 57.9 Å². The average Bonchev–Trinajstić information content (AvgIpc) is 3.22. The molecule has 35 heavy (non-hydrogen) atoms. The van der Waals surface area contributed by atoms with Gasteiger partial charge < -0.3 is 5.32 Å². The average molecular weight is 498 g/mol. The van der Waals surface area contributed by atoms with E-state index in [2.05, 4.69) is 10.1 Å². The molecule has 2 aromatic carbocycles. The first kappa shape index (κ1) is 26.2. The van der Waals surface area contributed by atoms with Gasteiger partial charge in [0.1, 0.15) is 17.7 Å². The molecule has 0 saturated carbocycles. The van der Waals surface area contributed by atoms with Crippen molar-refractivity contribution in [2.75, 3.05) is 0 Å². The lowest BCUT2D eigenvalue weighted by Crippen LogP contribution is -2.54. The highest BCUT2D eigenvalue weighted by Crippen LogP contribution is 2.33. The highest BCUT2D eigenvalue weighted by molar-refractivity contribution is 5.96. The topological polar surface area (TPSA) is 59.8 Å². The van der Waals surface area contributed by atoms with E-state index in [1.54, 1.807) is 6.07 Å². The zero-order chi connectivity index (χ0) is 26.4. The number of nitrogens with zero attached hydrogens (tertiary/aromatic N) is 3. The fourth-order valence-electron chi connectivity index (χ4n) is 3.25. The predicted molar refractivity (Wildman–Crippen MR) is 118 cm³/mol. The quantitative estimate of drug-likeness (QED) is 0.428. The van der Waals surface area contributed by atoms with Crippen molar-refractivity contribution in [3.05, 3.63) is 65.7 Å². The van der Waals surface area contributed by atoms with E-state index in [9.17, 15) is 31.1 Å². The van der Waals surface area contributed by atoms with Crippen LogP contribution in [0, 0.1) is 0 Å². The smallest absolute Gasteiger partial charge is 0.338 e. The Morgan fingerprint density at radius 2 is 1.46 bits per heavy atom. The first-order valence-electron chi connectivity index (χ1n) is 10.5. The molecule has 0 spiro atoms. The van der Waals surface area contributed by atoms with E-state index in [-0.39, 0.29) is 5.56 Å². The van der Waals surface area contributed by atoms with Gasteiger partial charge in [0.2, 0.25) is 0 Å². The Bertz CT molecular complexity index is 1220. The molecule has 0 unspecified atom stereocenters. The van der Waals surface area contributed by atoms with Crippen LogP contribution in [0.15, 0.2) is 48.8 Å². The van der Waals surface area contributed by atoms with Crippen molar-refractivity contribution in [1.29, 1.82) is 0 Å². The molecular weight excluding hydrogens is 474 g/mol. The van der Waals surface area contributed by atoms with Crippen LogP contribution in [0.25, 0.3) is 16.8 Å². The number of hydrogen-bond donors (Lipinski definition) is 1. The second-order valence-electron chi connectivity index (χ2n) is 9.67. The van der Waals surface area contributed by atoms with Gasteiger partial charge in [-0.2, -0.15) is 31.4 Å². The third kappa shape index (κ3) is 5.66. The number of carbonyl (C=O) groups excluding carboxylic acids is 1. The Morgan fingerprint density at radius 3 is 1.97 bits per heavy atom. The molecule has 0 aliphatic rings. The highest BCUT2D eigenvalue weighted by Gasteiger charge is 2.48.